The van der Waals surface area contributed by atoms with Gasteiger partial charge in [-0.05, 0) is 36.8 Å². The number of nitrogens with zero attached hydrogens (tertiary/aromatic N) is 3. The van der Waals surface area contributed by atoms with E-state index in [9.17, 15) is 4.79 Å². The highest BCUT2D eigenvalue weighted by molar-refractivity contribution is 6.30. The van der Waals surface area contributed by atoms with Crippen molar-refractivity contribution in [2.45, 2.75) is 19.9 Å². The quantitative estimate of drug-likeness (QED) is 0.504. The van der Waals surface area contributed by atoms with E-state index in [0.717, 1.165) is 27.9 Å². The number of hydrogen-bond acceptors (Lipinski definition) is 2. The smallest absolute Gasteiger partial charge is 0.263 e. The molecule has 0 aliphatic heterocycles. The molecule has 0 amide bonds. The van der Waals surface area contributed by atoms with Gasteiger partial charge in [0, 0.05) is 29.2 Å². The van der Waals surface area contributed by atoms with Crippen molar-refractivity contribution >= 4 is 28.4 Å². The Kier molecular flexibility index (Phi) is 4.13. The van der Waals surface area contributed by atoms with Gasteiger partial charge in [0.2, 0.25) is 5.78 Å². The lowest BCUT2D eigenvalue weighted by atomic mass is 10.0. The number of rotatable bonds is 4. The van der Waals surface area contributed by atoms with E-state index >= 15 is 0 Å². The van der Waals surface area contributed by atoms with Crippen molar-refractivity contribution in [1.29, 1.82) is 0 Å². The monoisotopic (exact) mass is 363 g/mol. The highest BCUT2D eigenvalue weighted by Crippen LogP contribution is 2.20. The predicted octanol–water partition coefficient (Wildman–Crippen LogP) is 4.39. The number of para-hydroxylation sites is 2. The summed E-state index contributed by atoms with van der Waals surface area (Å²) in [5, 5.41) is 0.686. The molecule has 0 atom stereocenters. The zero-order chi connectivity index (χ0) is 18.3. The van der Waals surface area contributed by atoms with Gasteiger partial charge >= 0.3 is 0 Å². The average molecular weight is 364 g/mol. The fourth-order valence-corrected chi connectivity index (χ4v) is 3.48. The first-order chi connectivity index (χ1) is 12.6. The van der Waals surface area contributed by atoms with E-state index in [1.54, 1.807) is 4.40 Å². The largest absolute Gasteiger partial charge is 0.311 e. The molecule has 0 spiro atoms. The highest BCUT2D eigenvalue weighted by atomic mass is 35.5. The molecule has 0 aliphatic rings. The Balaban J connectivity index is 2.02. The fraction of sp³-hybridized carbons (Fsp3) is 0.143. The van der Waals surface area contributed by atoms with Gasteiger partial charge in [-0.3, -0.25) is 4.79 Å². The number of allylic oxidation sites excluding steroid dienone is 1. The summed E-state index contributed by atoms with van der Waals surface area (Å²) >= 11 is 5.98. The second-order valence-corrected chi connectivity index (χ2v) is 6.74. The third-order valence-electron chi connectivity index (χ3n) is 4.69. The first-order valence-corrected chi connectivity index (χ1v) is 8.82. The lowest BCUT2D eigenvalue weighted by molar-refractivity contribution is 0.752. The molecule has 4 nitrogen and oxygen atoms in total. The van der Waals surface area contributed by atoms with Gasteiger partial charge in [-0.15, -0.1) is 6.58 Å². The SMILES string of the molecule is C=CCn1c(C)c(Cc2ccc(Cl)cc2)c(=O)n2c3ccccc3nc12. The van der Waals surface area contributed by atoms with Crippen LogP contribution in [-0.4, -0.2) is 14.0 Å². The van der Waals surface area contributed by atoms with Crippen molar-refractivity contribution in [3.05, 3.63) is 93.4 Å². The molecule has 130 valence electrons. The number of aromatic nitrogens is 3. The average Bonchev–Trinajstić information content (AvgIpc) is 3.03. The van der Waals surface area contributed by atoms with Crippen LogP contribution in [-0.2, 0) is 13.0 Å². The number of fused-ring (bicyclic) bond motifs is 3. The normalized spacial score (nSPS) is 11.3. The molecule has 0 bridgehead atoms. The lowest BCUT2D eigenvalue weighted by Crippen LogP contribution is -2.25. The Bertz CT molecular complexity index is 1190. The summed E-state index contributed by atoms with van der Waals surface area (Å²) in [4.78, 5) is 18.0. The molecule has 0 fully saturated rings. The summed E-state index contributed by atoms with van der Waals surface area (Å²) in [5.74, 6) is 0.647. The second-order valence-electron chi connectivity index (χ2n) is 6.31. The van der Waals surface area contributed by atoms with Gasteiger partial charge in [-0.1, -0.05) is 41.9 Å². The molecular weight excluding hydrogens is 346 g/mol. The molecule has 0 saturated heterocycles. The Morgan fingerprint density at radius 3 is 2.62 bits per heavy atom. The molecule has 0 aliphatic carbocycles. The molecule has 26 heavy (non-hydrogen) atoms. The van der Waals surface area contributed by atoms with Gasteiger partial charge in [0.1, 0.15) is 0 Å². The topological polar surface area (TPSA) is 39.3 Å². The van der Waals surface area contributed by atoms with Crippen molar-refractivity contribution in [2.75, 3.05) is 0 Å². The van der Waals surface area contributed by atoms with Gasteiger partial charge in [0.15, 0.2) is 0 Å². The summed E-state index contributed by atoms with van der Waals surface area (Å²) < 4.78 is 3.75. The van der Waals surface area contributed by atoms with Crippen molar-refractivity contribution in [3.8, 4) is 0 Å². The van der Waals surface area contributed by atoms with Gasteiger partial charge in [0.05, 0.1) is 11.0 Å². The maximum absolute atomic E-state index is 13.3. The van der Waals surface area contributed by atoms with Crippen LogP contribution in [0.4, 0.5) is 0 Å². The maximum Gasteiger partial charge on any atom is 0.263 e. The summed E-state index contributed by atoms with van der Waals surface area (Å²) in [6, 6.07) is 15.3. The van der Waals surface area contributed by atoms with Crippen LogP contribution in [0.1, 0.15) is 16.8 Å². The maximum atomic E-state index is 13.3. The number of hydrogen-bond donors (Lipinski definition) is 0. The molecule has 2 aromatic heterocycles. The summed E-state index contributed by atoms with van der Waals surface area (Å²) in [6.07, 6.45) is 2.37. The summed E-state index contributed by atoms with van der Waals surface area (Å²) in [7, 11) is 0. The summed E-state index contributed by atoms with van der Waals surface area (Å²) in [6.45, 7) is 6.41. The van der Waals surface area contributed by atoms with E-state index in [4.69, 9.17) is 11.6 Å². The van der Waals surface area contributed by atoms with Gasteiger partial charge in [-0.2, -0.15) is 0 Å². The molecule has 2 heterocycles. The highest BCUT2D eigenvalue weighted by Gasteiger charge is 2.17. The van der Waals surface area contributed by atoms with Crippen LogP contribution in [0.15, 0.2) is 66.0 Å². The van der Waals surface area contributed by atoms with Crippen molar-refractivity contribution < 1.29 is 0 Å². The minimum absolute atomic E-state index is 0.0264. The first-order valence-electron chi connectivity index (χ1n) is 8.45. The Labute approximate surface area is 156 Å². The second kappa shape index (κ2) is 6.46. The standard InChI is InChI=1S/C21H18ClN3O/c1-3-12-24-14(2)17(13-15-8-10-16(22)11-9-15)20(26)25-19-7-5-4-6-18(19)23-21(24)25/h3-11H,1,12-13H2,2H3. The Morgan fingerprint density at radius 1 is 1.15 bits per heavy atom. The van der Waals surface area contributed by atoms with E-state index in [2.05, 4.69) is 11.6 Å². The molecule has 2 aromatic carbocycles. The fourth-order valence-electron chi connectivity index (χ4n) is 3.35. The Hall–Kier alpha value is -2.85. The summed E-state index contributed by atoms with van der Waals surface area (Å²) in [5.41, 5.74) is 4.32. The molecule has 0 unspecified atom stereocenters. The van der Waals surface area contributed by atoms with Crippen LogP contribution in [0.2, 0.25) is 5.02 Å². The number of benzene rings is 2. The third kappa shape index (κ3) is 2.63. The van der Waals surface area contributed by atoms with Crippen LogP contribution in [0.5, 0.6) is 0 Å². The van der Waals surface area contributed by atoms with E-state index in [1.807, 2.05) is 66.1 Å². The molecule has 0 radical (unpaired) electrons. The molecule has 4 aromatic rings. The molecule has 0 saturated carbocycles. The third-order valence-corrected chi connectivity index (χ3v) is 4.95. The van der Waals surface area contributed by atoms with Gasteiger partial charge < -0.3 is 4.57 Å². The molecular formula is C21H18ClN3O. The van der Waals surface area contributed by atoms with Gasteiger partial charge in [-0.25, -0.2) is 9.38 Å². The molecule has 5 heteroatoms. The van der Waals surface area contributed by atoms with E-state index in [-0.39, 0.29) is 5.56 Å². The number of imidazole rings is 1. The van der Waals surface area contributed by atoms with E-state index in [1.165, 1.54) is 0 Å². The van der Waals surface area contributed by atoms with Crippen molar-refractivity contribution in [3.63, 3.8) is 0 Å². The zero-order valence-electron chi connectivity index (χ0n) is 14.4. The van der Waals surface area contributed by atoms with Gasteiger partial charge in [0.25, 0.3) is 5.56 Å². The van der Waals surface area contributed by atoms with Crippen LogP contribution >= 0.6 is 11.6 Å². The number of halogens is 1. The van der Waals surface area contributed by atoms with E-state index in [0.29, 0.717) is 23.8 Å². The lowest BCUT2D eigenvalue weighted by Gasteiger charge is -2.15. The minimum atomic E-state index is -0.0264. The molecule has 4 rings (SSSR count). The van der Waals surface area contributed by atoms with Crippen LogP contribution < -0.4 is 5.56 Å². The van der Waals surface area contributed by atoms with Crippen molar-refractivity contribution in [1.82, 2.24) is 14.0 Å². The minimum Gasteiger partial charge on any atom is -0.311 e. The molecule has 0 N–H and O–H groups in total. The first kappa shape index (κ1) is 16.6. The zero-order valence-corrected chi connectivity index (χ0v) is 15.2. The van der Waals surface area contributed by atoms with Crippen LogP contribution in [0, 0.1) is 6.92 Å². The van der Waals surface area contributed by atoms with Crippen LogP contribution in [0.3, 0.4) is 0 Å². The van der Waals surface area contributed by atoms with E-state index < -0.39 is 0 Å². The predicted molar refractivity (Wildman–Crippen MR) is 106 cm³/mol. The Morgan fingerprint density at radius 2 is 1.88 bits per heavy atom. The van der Waals surface area contributed by atoms with Crippen LogP contribution in [0.25, 0.3) is 16.8 Å². The van der Waals surface area contributed by atoms with Crippen molar-refractivity contribution in [2.24, 2.45) is 0 Å².